The van der Waals surface area contributed by atoms with Gasteiger partial charge in [0.05, 0.1) is 5.56 Å². The van der Waals surface area contributed by atoms with E-state index in [1.165, 1.54) is 24.3 Å². The van der Waals surface area contributed by atoms with Crippen molar-refractivity contribution in [3.63, 3.8) is 0 Å². The van der Waals surface area contributed by atoms with Crippen molar-refractivity contribution in [1.82, 2.24) is 9.80 Å². The van der Waals surface area contributed by atoms with E-state index in [0.717, 1.165) is 12.1 Å². The summed E-state index contributed by atoms with van der Waals surface area (Å²) in [6.07, 6.45) is -4.45. The summed E-state index contributed by atoms with van der Waals surface area (Å²) < 4.78 is 44.2. The van der Waals surface area contributed by atoms with Crippen LogP contribution >= 0.6 is 0 Å². The fraction of sp³-hybridized carbons (Fsp3) is 0.400. The van der Waals surface area contributed by atoms with Gasteiger partial charge in [-0.1, -0.05) is 26.0 Å². The molecule has 2 aromatic rings. The molecule has 8 heteroatoms. The fourth-order valence-corrected chi connectivity index (χ4v) is 3.11. The van der Waals surface area contributed by atoms with Crippen LogP contribution in [-0.4, -0.2) is 47.8 Å². The van der Waals surface area contributed by atoms with Crippen molar-refractivity contribution in [3.8, 4) is 11.3 Å². The molecule has 0 bridgehead atoms. The lowest BCUT2D eigenvalue weighted by atomic mass is 10.1. The topological polar surface area (TPSA) is 53.8 Å². The van der Waals surface area contributed by atoms with E-state index in [9.17, 15) is 22.8 Å². The molecule has 0 N–H and O–H groups in total. The van der Waals surface area contributed by atoms with E-state index in [-0.39, 0.29) is 34.8 Å². The highest BCUT2D eigenvalue weighted by atomic mass is 19.4. The second kappa shape index (κ2) is 7.69. The number of rotatable bonds is 3. The average Bonchev–Trinajstić information content (AvgIpc) is 3.16. The molecule has 0 radical (unpaired) electrons. The largest absolute Gasteiger partial charge is 0.451 e. The predicted octanol–water partition coefficient (Wildman–Crippen LogP) is 3.91. The molecule has 0 spiro atoms. The summed E-state index contributed by atoms with van der Waals surface area (Å²) in [6, 6.07) is 7.72. The van der Waals surface area contributed by atoms with E-state index in [1.807, 2.05) is 13.8 Å². The smallest absolute Gasteiger partial charge is 0.416 e. The van der Waals surface area contributed by atoms with E-state index < -0.39 is 11.7 Å². The van der Waals surface area contributed by atoms with Crippen LogP contribution in [0, 0.1) is 5.92 Å². The van der Waals surface area contributed by atoms with Gasteiger partial charge in [-0.3, -0.25) is 9.59 Å². The van der Waals surface area contributed by atoms with Gasteiger partial charge in [0, 0.05) is 37.7 Å². The van der Waals surface area contributed by atoms with Crippen molar-refractivity contribution in [2.45, 2.75) is 20.0 Å². The van der Waals surface area contributed by atoms with Gasteiger partial charge in [-0.2, -0.15) is 13.2 Å². The lowest BCUT2D eigenvalue weighted by Crippen LogP contribution is -2.51. The molecule has 2 heterocycles. The first-order valence-corrected chi connectivity index (χ1v) is 9.02. The van der Waals surface area contributed by atoms with Gasteiger partial charge >= 0.3 is 6.18 Å². The molecule has 150 valence electrons. The van der Waals surface area contributed by atoms with Gasteiger partial charge in [-0.25, -0.2) is 0 Å². The average molecular weight is 394 g/mol. The minimum absolute atomic E-state index is 0.0527. The van der Waals surface area contributed by atoms with Crippen molar-refractivity contribution < 1.29 is 27.2 Å². The zero-order valence-electron chi connectivity index (χ0n) is 15.6. The Balaban J connectivity index is 1.69. The number of furan rings is 1. The van der Waals surface area contributed by atoms with Crippen LogP contribution in [0.1, 0.15) is 30.0 Å². The highest BCUT2D eigenvalue weighted by Gasteiger charge is 2.31. The maximum Gasteiger partial charge on any atom is 0.416 e. The van der Waals surface area contributed by atoms with Crippen molar-refractivity contribution in [2.75, 3.05) is 26.2 Å². The Hall–Kier alpha value is -2.77. The molecule has 0 aliphatic carbocycles. The number of hydrogen-bond acceptors (Lipinski definition) is 3. The Morgan fingerprint density at radius 3 is 2.25 bits per heavy atom. The Kier molecular flexibility index (Phi) is 5.49. The third kappa shape index (κ3) is 4.21. The molecule has 5 nitrogen and oxygen atoms in total. The maximum atomic E-state index is 12.9. The van der Waals surface area contributed by atoms with Crippen LogP contribution < -0.4 is 0 Å². The number of hydrogen-bond donors (Lipinski definition) is 0. The van der Waals surface area contributed by atoms with Gasteiger partial charge in [-0.05, 0) is 24.3 Å². The molecular formula is C20H21F3N2O3. The normalized spacial score (nSPS) is 15.2. The first-order chi connectivity index (χ1) is 13.2. The molecule has 0 unspecified atom stereocenters. The van der Waals surface area contributed by atoms with Gasteiger partial charge in [0.2, 0.25) is 5.91 Å². The number of amides is 2. The number of alkyl halides is 3. The standard InChI is InChI=1S/C20H21F3N2O3/c1-13(2)18(26)24-8-10-25(11-9-24)19(27)17-7-6-16(28-17)14-4-3-5-15(12-14)20(21,22)23/h3-7,12-13H,8-11H2,1-2H3. The van der Waals surface area contributed by atoms with Gasteiger partial charge in [0.25, 0.3) is 5.91 Å². The molecular weight excluding hydrogens is 373 g/mol. The van der Waals surface area contributed by atoms with E-state index in [4.69, 9.17) is 4.42 Å². The quantitative estimate of drug-likeness (QED) is 0.793. The lowest BCUT2D eigenvalue weighted by Gasteiger charge is -2.35. The van der Waals surface area contributed by atoms with Crippen LogP contribution in [0.25, 0.3) is 11.3 Å². The van der Waals surface area contributed by atoms with Crippen LogP contribution in [0.2, 0.25) is 0 Å². The van der Waals surface area contributed by atoms with Gasteiger partial charge in [0.1, 0.15) is 5.76 Å². The van der Waals surface area contributed by atoms with Crippen molar-refractivity contribution in [2.24, 2.45) is 5.92 Å². The zero-order valence-corrected chi connectivity index (χ0v) is 15.6. The molecule has 2 amide bonds. The highest BCUT2D eigenvalue weighted by molar-refractivity contribution is 5.92. The number of carbonyl (C=O) groups excluding carboxylic acids is 2. The molecule has 0 saturated carbocycles. The molecule has 28 heavy (non-hydrogen) atoms. The highest BCUT2D eigenvalue weighted by Crippen LogP contribution is 2.32. The third-order valence-electron chi connectivity index (χ3n) is 4.66. The molecule has 1 saturated heterocycles. The number of carbonyl (C=O) groups is 2. The molecule has 1 aromatic heterocycles. The van der Waals surface area contributed by atoms with E-state index in [1.54, 1.807) is 9.80 Å². The molecule has 0 atom stereocenters. The van der Waals surface area contributed by atoms with Gasteiger partial charge in [-0.15, -0.1) is 0 Å². The fourth-order valence-electron chi connectivity index (χ4n) is 3.11. The molecule has 1 aliphatic heterocycles. The Morgan fingerprint density at radius 2 is 1.64 bits per heavy atom. The maximum absolute atomic E-state index is 12.9. The summed E-state index contributed by atoms with van der Waals surface area (Å²) >= 11 is 0. The first-order valence-electron chi connectivity index (χ1n) is 9.02. The van der Waals surface area contributed by atoms with Crippen molar-refractivity contribution >= 4 is 11.8 Å². The number of benzene rings is 1. The summed E-state index contributed by atoms with van der Waals surface area (Å²) in [5.74, 6) is -0.117. The molecule has 1 fully saturated rings. The summed E-state index contributed by atoms with van der Waals surface area (Å²) in [4.78, 5) is 28.0. The second-order valence-corrected chi connectivity index (χ2v) is 7.01. The van der Waals surface area contributed by atoms with E-state index in [0.29, 0.717) is 26.2 Å². The van der Waals surface area contributed by atoms with E-state index in [2.05, 4.69) is 0 Å². The van der Waals surface area contributed by atoms with Crippen LogP contribution in [-0.2, 0) is 11.0 Å². The zero-order chi connectivity index (χ0) is 20.5. The summed E-state index contributed by atoms with van der Waals surface area (Å²) in [7, 11) is 0. The molecule has 1 aliphatic rings. The summed E-state index contributed by atoms with van der Waals surface area (Å²) in [5.41, 5.74) is -0.526. The monoisotopic (exact) mass is 394 g/mol. The molecule has 3 rings (SSSR count). The Morgan fingerprint density at radius 1 is 1.00 bits per heavy atom. The number of halogens is 3. The van der Waals surface area contributed by atoms with Gasteiger partial charge in [0.15, 0.2) is 5.76 Å². The van der Waals surface area contributed by atoms with Crippen molar-refractivity contribution in [3.05, 3.63) is 47.7 Å². The Bertz CT molecular complexity index is 866. The van der Waals surface area contributed by atoms with Gasteiger partial charge < -0.3 is 14.2 Å². The first kappa shape index (κ1) is 20.0. The minimum Gasteiger partial charge on any atom is -0.451 e. The minimum atomic E-state index is -4.45. The van der Waals surface area contributed by atoms with Crippen LogP contribution in [0.15, 0.2) is 40.8 Å². The van der Waals surface area contributed by atoms with Crippen LogP contribution in [0.5, 0.6) is 0 Å². The molecule has 1 aromatic carbocycles. The van der Waals surface area contributed by atoms with E-state index >= 15 is 0 Å². The van der Waals surface area contributed by atoms with Crippen molar-refractivity contribution in [1.29, 1.82) is 0 Å². The summed E-state index contributed by atoms with van der Waals surface area (Å²) in [5, 5.41) is 0. The summed E-state index contributed by atoms with van der Waals surface area (Å²) in [6.45, 7) is 5.33. The second-order valence-electron chi connectivity index (χ2n) is 7.01. The third-order valence-corrected chi connectivity index (χ3v) is 4.66. The van der Waals surface area contributed by atoms with Crippen LogP contribution in [0.4, 0.5) is 13.2 Å². The number of nitrogens with zero attached hydrogens (tertiary/aromatic N) is 2. The Labute approximate surface area is 160 Å². The number of piperazine rings is 1. The lowest BCUT2D eigenvalue weighted by molar-refractivity contribution is -0.137. The predicted molar refractivity (Wildman–Crippen MR) is 96.5 cm³/mol. The van der Waals surface area contributed by atoms with Crippen LogP contribution in [0.3, 0.4) is 0 Å². The SMILES string of the molecule is CC(C)C(=O)N1CCN(C(=O)c2ccc(-c3cccc(C(F)(F)F)c3)o2)CC1.